The van der Waals surface area contributed by atoms with Crippen LogP contribution in [0.25, 0.3) is 0 Å². The van der Waals surface area contributed by atoms with Gasteiger partial charge in [-0.3, -0.25) is 4.79 Å². The standard InChI is InChI=1S/C19H32N4OS/c1-4-20-19(22-14(2)12-17-11-10-15(3)25-17)21-13-18(24)23-16-8-6-5-7-9-16/h10-11,14,16H,4-9,12-13H2,1-3H3,(H,23,24)(H2,20,21,22). The van der Waals surface area contributed by atoms with Gasteiger partial charge in [-0.1, -0.05) is 19.3 Å². The number of nitrogens with zero attached hydrogens (tertiary/aromatic N) is 1. The highest BCUT2D eigenvalue weighted by molar-refractivity contribution is 7.11. The number of carbonyl (C=O) groups is 1. The number of aryl methyl sites for hydroxylation is 1. The van der Waals surface area contributed by atoms with Crippen molar-refractivity contribution in [3.8, 4) is 0 Å². The number of nitrogens with one attached hydrogen (secondary N) is 3. The number of carbonyl (C=O) groups excluding carboxylic acids is 1. The molecule has 0 saturated heterocycles. The Bertz CT molecular complexity index is 564. The first kappa shape index (κ1) is 19.8. The summed E-state index contributed by atoms with van der Waals surface area (Å²) in [6, 6.07) is 4.94. The zero-order valence-corrected chi connectivity index (χ0v) is 16.5. The maximum absolute atomic E-state index is 12.1. The van der Waals surface area contributed by atoms with Crippen LogP contribution >= 0.6 is 11.3 Å². The summed E-state index contributed by atoms with van der Waals surface area (Å²) in [6.45, 7) is 7.26. The van der Waals surface area contributed by atoms with Gasteiger partial charge in [0.05, 0.1) is 0 Å². The van der Waals surface area contributed by atoms with Crippen molar-refractivity contribution < 1.29 is 4.79 Å². The van der Waals surface area contributed by atoms with E-state index in [-0.39, 0.29) is 18.5 Å². The van der Waals surface area contributed by atoms with Crippen molar-refractivity contribution in [2.24, 2.45) is 4.99 Å². The molecular formula is C19H32N4OS. The molecule has 25 heavy (non-hydrogen) atoms. The van der Waals surface area contributed by atoms with Crippen LogP contribution in [0.4, 0.5) is 0 Å². The summed E-state index contributed by atoms with van der Waals surface area (Å²) < 4.78 is 0. The second-order valence-electron chi connectivity index (χ2n) is 6.86. The van der Waals surface area contributed by atoms with E-state index in [1.807, 2.05) is 18.3 Å². The van der Waals surface area contributed by atoms with E-state index in [4.69, 9.17) is 0 Å². The predicted octanol–water partition coefficient (Wildman–Crippen LogP) is 2.99. The van der Waals surface area contributed by atoms with Crippen molar-refractivity contribution in [3.63, 3.8) is 0 Å². The zero-order chi connectivity index (χ0) is 18.1. The highest BCUT2D eigenvalue weighted by Gasteiger charge is 2.15. The van der Waals surface area contributed by atoms with Gasteiger partial charge in [-0.05, 0) is 45.7 Å². The van der Waals surface area contributed by atoms with Crippen molar-refractivity contribution in [2.75, 3.05) is 13.1 Å². The maximum Gasteiger partial charge on any atom is 0.242 e. The van der Waals surface area contributed by atoms with E-state index in [9.17, 15) is 4.79 Å². The monoisotopic (exact) mass is 364 g/mol. The number of rotatable bonds is 7. The largest absolute Gasteiger partial charge is 0.357 e. The van der Waals surface area contributed by atoms with Gasteiger partial charge in [0.15, 0.2) is 5.96 Å². The van der Waals surface area contributed by atoms with Crippen molar-refractivity contribution >= 4 is 23.2 Å². The fraction of sp³-hybridized carbons (Fsp3) is 0.684. The molecule has 140 valence electrons. The molecule has 1 heterocycles. The summed E-state index contributed by atoms with van der Waals surface area (Å²) >= 11 is 1.83. The number of amides is 1. The van der Waals surface area contributed by atoms with Crippen molar-refractivity contribution in [2.45, 2.75) is 71.4 Å². The lowest BCUT2D eigenvalue weighted by atomic mass is 9.95. The molecule has 3 N–H and O–H groups in total. The van der Waals surface area contributed by atoms with Gasteiger partial charge in [-0.25, -0.2) is 4.99 Å². The van der Waals surface area contributed by atoms with Gasteiger partial charge in [0.25, 0.3) is 0 Å². The molecule has 1 saturated carbocycles. The number of thiophene rings is 1. The highest BCUT2D eigenvalue weighted by atomic mass is 32.1. The Morgan fingerprint density at radius 1 is 1.32 bits per heavy atom. The first-order valence-electron chi connectivity index (χ1n) is 9.46. The first-order valence-corrected chi connectivity index (χ1v) is 10.3. The van der Waals surface area contributed by atoms with Crippen LogP contribution in [0.5, 0.6) is 0 Å². The van der Waals surface area contributed by atoms with Gasteiger partial charge < -0.3 is 16.0 Å². The molecular weight excluding hydrogens is 332 g/mol. The van der Waals surface area contributed by atoms with Gasteiger partial charge in [-0.2, -0.15) is 0 Å². The molecule has 1 aliphatic rings. The number of hydrogen-bond donors (Lipinski definition) is 3. The lowest BCUT2D eigenvalue weighted by Gasteiger charge is -2.22. The van der Waals surface area contributed by atoms with Crippen LogP contribution in [0.1, 0.15) is 55.7 Å². The molecule has 6 heteroatoms. The van der Waals surface area contributed by atoms with E-state index in [0.29, 0.717) is 12.0 Å². The van der Waals surface area contributed by atoms with E-state index in [2.05, 4.69) is 46.9 Å². The quantitative estimate of drug-likeness (QED) is 0.515. The van der Waals surface area contributed by atoms with Crippen LogP contribution in [-0.2, 0) is 11.2 Å². The predicted molar refractivity (Wildman–Crippen MR) is 106 cm³/mol. The minimum atomic E-state index is 0.0191. The summed E-state index contributed by atoms with van der Waals surface area (Å²) in [6.07, 6.45) is 6.89. The summed E-state index contributed by atoms with van der Waals surface area (Å²) in [7, 11) is 0. The molecule has 1 unspecified atom stereocenters. The lowest BCUT2D eigenvalue weighted by molar-refractivity contribution is -0.120. The molecule has 0 aromatic carbocycles. The average molecular weight is 365 g/mol. The summed E-state index contributed by atoms with van der Waals surface area (Å²) in [5.74, 6) is 0.729. The van der Waals surface area contributed by atoms with Crippen LogP contribution in [0.2, 0.25) is 0 Å². The third kappa shape index (κ3) is 7.46. The number of guanidine groups is 1. The minimum absolute atomic E-state index is 0.0191. The molecule has 1 fully saturated rings. The molecule has 0 bridgehead atoms. The van der Waals surface area contributed by atoms with Crippen LogP contribution in [0.3, 0.4) is 0 Å². The van der Waals surface area contributed by atoms with E-state index < -0.39 is 0 Å². The number of aliphatic imine (C=N–C) groups is 1. The molecule has 0 aliphatic heterocycles. The smallest absolute Gasteiger partial charge is 0.242 e. The average Bonchev–Trinajstić information content (AvgIpc) is 2.98. The van der Waals surface area contributed by atoms with Gasteiger partial charge >= 0.3 is 0 Å². The van der Waals surface area contributed by atoms with E-state index >= 15 is 0 Å². The highest BCUT2D eigenvalue weighted by Crippen LogP contribution is 2.17. The topological polar surface area (TPSA) is 65.5 Å². The van der Waals surface area contributed by atoms with Crippen LogP contribution < -0.4 is 16.0 Å². The molecule has 0 spiro atoms. The third-order valence-electron chi connectivity index (χ3n) is 4.38. The van der Waals surface area contributed by atoms with Crippen molar-refractivity contribution in [1.82, 2.24) is 16.0 Å². The zero-order valence-electron chi connectivity index (χ0n) is 15.7. The fourth-order valence-electron chi connectivity index (χ4n) is 3.17. The van der Waals surface area contributed by atoms with Crippen LogP contribution in [0, 0.1) is 6.92 Å². The molecule has 5 nitrogen and oxygen atoms in total. The minimum Gasteiger partial charge on any atom is -0.357 e. The van der Waals surface area contributed by atoms with Crippen LogP contribution in [-0.4, -0.2) is 37.0 Å². The van der Waals surface area contributed by atoms with E-state index in [1.54, 1.807) is 0 Å². The van der Waals surface area contributed by atoms with Gasteiger partial charge in [-0.15, -0.1) is 11.3 Å². The Morgan fingerprint density at radius 3 is 2.72 bits per heavy atom. The third-order valence-corrected chi connectivity index (χ3v) is 5.40. The summed E-state index contributed by atoms with van der Waals surface area (Å²) in [5.41, 5.74) is 0. The van der Waals surface area contributed by atoms with Crippen molar-refractivity contribution in [3.05, 3.63) is 21.9 Å². The Labute approximate surface area is 155 Å². The maximum atomic E-state index is 12.1. The Balaban J connectivity index is 1.80. The molecule has 1 aromatic heterocycles. The van der Waals surface area contributed by atoms with Gasteiger partial charge in [0, 0.05) is 34.8 Å². The molecule has 1 aromatic rings. The molecule has 0 radical (unpaired) electrons. The second-order valence-corrected chi connectivity index (χ2v) is 8.23. The fourth-order valence-corrected chi connectivity index (χ4v) is 4.19. The van der Waals surface area contributed by atoms with E-state index in [1.165, 1.54) is 29.0 Å². The molecule has 1 amide bonds. The molecule has 2 rings (SSSR count). The van der Waals surface area contributed by atoms with Gasteiger partial charge in [0.1, 0.15) is 6.54 Å². The number of hydrogen-bond acceptors (Lipinski definition) is 3. The normalized spacial score (nSPS) is 17.2. The van der Waals surface area contributed by atoms with Crippen LogP contribution in [0.15, 0.2) is 17.1 Å². The lowest BCUT2D eigenvalue weighted by Crippen LogP contribution is -2.44. The Kier molecular flexibility index (Phi) is 8.25. The Hall–Kier alpha value is -1.56. The molecule has 1 atom stereocenters. The van der Waals surface area contributed by atoms with Gasteiger partial charge in [0.2, 0.25) is 5.91 Å². The first-order chi connectivity index (χ1) is 12.1. The summed E-state index contributed by atoms with van der Waals surface area (Å²) in [5, 5.41) is 9.74. The molecule has 1 aliphatic carbocycles. The van der Waals surface area contributed by atoms with E-state index in [0.717, 1.165) is 25.8 Å². The van der Waals surface area contributed by atoms with Crippen molar-refractivity contribution in [1.29, 1.82) is 0 Å². The summed E-state index contributed by atoms with van der Waals surface area (Å²) in [4.78, 5) is 19.3. The second kappa shape index (κ2) is 10.4. The SMILES string of the molecule is CCNC(=NCC(=O)NC1CCCCC1)NC(C)Cc1ccc(C)s1. The Morgan fingerprint density at radius 2 is 2.08 bits per heavy atom.